The van der Waals surface area contributed by atoms with E-state index in [1.54, 1.807) is 7.11 Å². The van der Waals surface area contributed by atoms with E-state index in [-0.39, 0.29) is 5.91 Å². The van der Waals surface area contributed by atoms with Crippen molar-refractivity contribution in [1.82, 2.24) is 20.4 Å². The standard InChI is InChI=1S/C18H24N4O2/c1-3-22-9-8-14(12-22)15-10-16(21-20-15)18(23)19-11-13-6-4-5-7-17(13)24-2/h4-7,10,14H,3,8-9,11-12H2,1-2H3,(H,19,23)(H,20,21). The smallest absolute Gasteiger partial charge is 0.272 e. The number of amides is 1. The number of benzene rings is 1. The molecular formula is C18H24N4O2. The fourth-order valence-corrected chi connectivity index (χ4v) is 3.15. The van der Waals surface area contributed by atoms with Gasteiger partial charge in [-0.05, 0) is 31.6 Å². The van der Waals surface area contributed by atoms with E-state index in [9.17, 15) is 4.79 Å². The van der Waals surface area contributed by atoms with Gasteiger partial charge >= 0.3 is 0 Å². The summed E-state index contributed by atoms with van der Waals surface area (Å²) in [6.45, 7) is 5.79. The predicted molar refractivity (Wildman–Crippen MR) is 92.2 cm³/mol. The molecule has 1 saturated heterocycles. The first-order valence-corrected chi connectivity index (χ1v) is 8.39. The van der Waals surface area contributed by atoms with E-state index in [4.69, 9.17) is 4.74 Å². The van der Waals surface area contributed by atoms with Crippen LogP contribution < -0.4 is 10.1 Å². The van der Waals surface area contributed by atoms with Crippen LogP contribution >= 0.6 is 0 Å². The molecule has 1 unspecified atom stereocenters. The van der Waals surface area contributed by atoms with E-state index < -0.39 is 0 Å². The van der Waals surface area contributed by atoms with Crippen LogP contribution in [-0.4, -0.2) is 47.7 Å². The van der Waals surface area contributed by atoms with Crippen LogP contribution in [0.5, 0.6) is 5.75 Å². The van der Waals surface area contributed by atoms with Gasteiger partial charge in [0.05, 0.1) is 7.11 Å². The number of likely N-dealkylation sites (N-methyl/N-ethyl adjacent to an activating group) is 1. The zero-order chi connectivity index (χ0) is 16.9. The Kier molecular flexibility index (Phi) is 5.15. The molecule has 1 aliphatic rings. The van der Waals surface area contributed by atoms with Crippen LogP contribution in [0, 0.1) is 0 Å². The van der Waals surface area contributed by atoms with Crippen LogP contribution in [0.25, 0.3) is 0 Å². The van der Waals surface area contributed by atoms with Gasteiger partial charge in [0.25, 0.3) is 5.91 Å². The lowest BCUT2D eigenvalue weighted by Crippen LogP contribution is -2.23. The summed E-state index contributed by atoms with van der Waals surface area (Å²) in [5.74, 6) is 1.04. The van der Waals surface area contributed by atoms with Crippen LogP contribution in [0.15, 0.2) is 30.3 Å². The van der Waals surface area contributed by atoms with Gasteiger partial charge in [0.2, 0.25) is 0 Å². The van der Waals surface area contributed by atoms with Crippen molar-refractivity contribution in [2.75, 3.05) is 26.7 Å². The summed E-state index contributed by atoms with van der Waals surface area (Å²) >= 11 is 0. The van der Waals surface area contributed by atoms with Crippen molar-refractivity contribution in [1.29, 1.82) is 0 Å². The normalized spacial score (nSPS) is 17.8. The minimum absolute atomic E-state index is 0.172. The molecule has 1 fully saturated rings. The van der Waals surface area contributed by atoms with Crippen LogP contribution in [0.1, 0.15) is 41.0 Å². The number of rotatable bonds is 6. The number of carbonyl (C=O) groups excluding carboxylic acids is 1. The Bertz CT molecular complexity index is 698. The Morgan fingerprint density at radius 1 is 1.46 bits per heavy atom. The average molecular weight is 328 g/mol. The Balaban J connectivity index is 1.60. The van der Waals surface area contributed by atoms with Crippen molar-refractivity contribution in [3.8, 4) is 5.75 Å². The molecule has 1 aliphatic heterocycles. The van der Waals surface area contributed by atoms with Gasteiger partial charge in [0.1, 0.15) is 11.4 Å². The topological polar surface area (TPSA) is 70.2 Å². The largest absolute Gasteiger partial charge is 0.496 e. The molecule has 1 aromatic carbocycles. The number of hydrogen-bond acceptors (Lipinski definition) is 4. The summed E-state index contributed by atoms with van der Waals surface area (Å²) in [5.41, 5.74) is 2.43. The molecule has 2 N–H and O–H groups in total. The van der Waals surface area contributed by atoms with Crippen LogP contribution in [-0.2, 0) is 6.54 Å². The number of likely N-dealkylation sites (tertiary alicyclic amines) is 1. The molecule has 3 rings (SSSR count). The highest BCUT2D eigenvalue weighted by molar-refractivity contribution is 5.92. The van der Waals surface area contributed by atoms with Gasteiger partial charge in [-0.2, -0.15) is 5.10 Å². The third-order valence-electron chi connectivity index (χ3n) is 4.62. The van der Waals surface area contributed by atoms with Crippen LogP contribution in [0.2, 0.25) is 0 Å². The molecule has 1 aromatic heterocycles. The third-order valence-corrected chi connectivity index (χ3v) is 4.62. The number of ether oxygens (including phenoxy) is 1. The summed E-state index contributed by atoms with van der Waals surface area (Å²) < 4.78 is 5.30. The second kappa shape index (κ2) is 7.49. The molecule has 0 saturated carbocycles. The van der Waals surface area contributed by atoms with Gasteiger partial charge in [-0.1, -0.05) is 25.1 Å². The maximum atomic E-state index is 12.3. The zero-order valence-corrected chi connectivity index (χ0v) is 14.2. The maximum Gasteiger partial charge on any atom is 0.272 e. The molecule has 0 radical (unpaired) electrons. The second-order valence-corrected chi connectivity index (χ2v) is 6.08. The number of carbonyl (C=O) groups is 1. The Labute approximate surface area is 142 Å². The van der Waals surface area contributed by atoms with Gasteiger partial charge in [0.15, 0.2) is 0 Å². The highest BCUT2D eigenvalue weighted by atomic mass is 16.5. The summed E-state index contributed by atoms with van der Waals surface area (Å²) in [7, 11) is 1.63. The maximum absolute atomic E-state index is 12.3. The van der Waals surface area contributed by atoms with Crippen molar-refractivity contribution in [3.05, 3.63) is 47.3 Å². The molecule has 1 atom stereocenters. The minimum Gasteiger partial charge on any atom is -0.496 e. The molecule has 2 aromatic rings. The number of H-pyrrole nitrogens is 1. The van der Waals surface area contributed by atoms with Crippen molar-refractivity contribution in [2.24, 2.45) is 0 Å². The SMILES string of the molecule is CCN1CCC(c2cc(C(=O)NCc3ccccc3OC)n[nH]2)C1. The van der Waals surface area contributed by atoms with Crippen molar-refractivity contribution in [3.63, 3.8) is 0 Å². The van der Waals surface area contributed by atoms with E-state index >= 15 is 0 Å². The van der Waals surface area contributed by atoms with E-state index in [1.165, 1.54) is 0 Å². The molecule has 128 valence electrons. The Morgan fingerprint density at radius 3 is 3.04 bits per heavy atom. The van der Waals surface area contributed by atoms with Gasteiger partial charge in [-0.15, -0.1) is 0 Å². The number of aromatic amines is 1. The first-order valence-electron chi connectivity index (χ1n) is 8.39. The Hall–Kier alpha value is -2.34. The van der Waals surface area contributed by atoms with Gasteiger partial charge in [-0.3, -0.25) is 9.89 Å². The lowest BCUT2D eigenvalue weighted by Gasteiger charge is -2.11. The number of nitrogens with zero attached hydrogens (tertiary/aromatic N) is 2. The van der Waals surface area contributed by atoms with Crippen LogP contribution in [0.4, 0.5) is 0 Å². The third kappa shape index (κ3) is 3.59. The highest BCUT2D eigenvalue weighted by Crippen LogP contribution is 2.25. The van der Waals surface area contributed by atoms with E-state index in [0.717, 1.165) is 43.1 Å². The van der Waals surface area contributed by atoms with E-state index in [2.05, 4.69) is 27.3 Å². The number of methoxy groups -OCH3 is 1. The van der Waals surface area contributed by atoms with Crippen molar-refractivity contribution in [2.45, 2.75) is 25.8 Å². The first-order chi connectivity index (χ1) is 11.7. The van der Waals surface area contributed by atoms with Crippen LogP contribution in [0.3, 0.4) is 0 Å². The minimum atomic E-state index is -0.172. The zero-order valence-electron chi connectivity index (χ0n) is 14.2. The molecule has 1 amide bonds. The average Bonchev–Trinajstić information content (AvgIpc) is 3.28. The lowest BCUT2D eigenvalue weighted by atomic mass is 10.1. The highest BCUT2D eigenvalue weighted by Gasteiger charge is 2.25. The number of hydrogen-bond donors (Lipinski definition) is 2. The summed E-state index contributed by atoms with van der Waals surface area (Å²) in [6, 6.07) is 9.53. The molecule has 0 aliphatic carbocycles. The lowest BCUT2D eigenvalue weighted by molar-refractivity contribution is 0.0945. The molecule has 0 bridgehead atoms. The Morgan fingerprint density at radius 2 is 2.29 bits per heavy atom. The van der Waals surface area contributed by atoms with Crippen molar-refractivity contribution >= 4 is 5.91 Å². The van der Waals surface area contributed by atoms with Gasteiger partial charge < -0.3 is 15.0 Å². The molecule has 24 heavy (non-hydrogen) atoms. The quantitative estimate of drug-likeness (QED) is 0.852. The first kappa shape index (κ1) is 16.5. The monoisotopic (exact) mass is 328 g/mol. The molecule has 6 nitrogen and oxygen atoms in total. The summed E-state index contributed by atoms with van der Waals surface area (Å²) in [5, 5.41) is 10.1. The van der Waals surface area contributed by atoms with Crippen molar-refractivity contribution < 1.29 is 9.53 Å². The predicted octanol–water partition coefficient (Wildman–Crippen LogP) is 2.16. The number of nitrogens with one attached hydrogen (secondary N) is 2. The summed E-state index contributed by atoms with van der Waals surface area (Å²) in [6.07, 6.45) is 1.11. The van der Waals surface area contributed by atoms with E-state index in [0.29, 0.717) is 18.2 Å². The van der Waals surface area contributed by atoms with E-state index in [1.807, 2.05) is 30.3 Å². The molecule has 6 heteroatoms. The fourth-order valence-electron chi connectivity index (χ4n) is 3.15. The second-order valence-electron chi connectivity index (χ2n) is 6.08. The fraction of sp³-hybridized carbons (Fsp3) is 0.444. The van der Waals surface area contributed by atoms with Gasteiger partial charge in [0, 0.05) is 30.3 Å². The van der Waals surface area contributed by atoms with Gasteiger partial charge in [-0.25, -0.2) is 0 Å². The molecular weight excluding hydrogens is 304 g/mol. The molecule has 2 heterocycles. The number of aromatic nitrogens is 2. The molecule has 0 spiro atoms. The summed E-state index contributed by atoms with van der Waals surface area (Å²) in [4.78, 5) is 14.7. The number of para-hydroxylation sites is 1.